The van der Waals surface area contributed by atoms with E-state index in [9.17, 15) is 8.78 Å². The standard InChI is InChI=1S/C14H14F2N2O/c1-9-3-2-4-18-13(9)8-19-14-11(15)5-10(7-17)6-12(14)16/h2-6H,7-8,17H2,1H3. The van der Waals surface area contributed by atoms with Crippen molar-refractivity contribution < 1.29 is 13.5 Å². The first-order valence-electron chi connectivity index (χ1n) is 5.83. The second-order valence-corrected chi connectivity index (χ2v) is 4.15. The van der Waals surface area contributed by atoms with Crippen LogP contribution in [0.1, 0.15) is 16.8 Å². The van der Waals surface area contributed by atoms with E-state index < -0.39 is 17.4 Å². The van der Waals surface area contributed by atoms with Crippen molar-refractivity contribution >= 4 is 0 Å². The lowest BCUT2D eigenvalue weighted by atomic mass is 10.2. The number of pyridine rings is 1. The smallest absolute Gasteiger partial charge is 0.191 e. The number of halogens is 2. The molecule has 0 aliphatic rings. The summed E-state index contributed by atoms with van der Waals surface area (Å²) in [6.07, 6.45) is 1.61. The predicted octanol–water partition coefficient (Wildman–Crippen LogP) is 2.71. The maximum absolute atomic E-state index is 13.7. The van der Waals surface area contributed by atoms with Crippen molar-refractivity contribution in [2.45, 2.75) is 20.1 Å². The van der Waals surface area contributed by atoms with Gasteiger partial charge in [0.1, 0.15) is 6.61 Å². The normalized spacial score (nSPS) is 10.5. The average Bonchev–Trinajstić information content (AvgIpc) is 2.39. The van der Waals surface area contributed by atoms with Gasteiger partial charge in [0.15, 0.2) is 17.4 Å². The van der Waals surface area contributed by atoms with Gasteiger partial charge in [-0.15, -0.1) is 0 Å². The van der Waals surface area contributed by atoms with E-state index in [1.165, 1.54) is 12.1 Å². The molecular weight excluding hydrogens is 250 g/mol. The monoisotopic (exact) mass is 264 g/mol. The third-order valence-electron chi connectivity index (χ3n) is 2.76. The zero-order valence-electron chi connectivity index (χ0n) is 10.5. The summed E-state index contributed by atoms with van der Waals surface area (Å²) >= 11 is 0. The summed E-state index contributed by atoms with van der Waals surface area (Å²) in [6, 6.07) is 5.99. The molecule has 0 aliphatic heterocycles. The van der Waals surface area contributed by atoms with Crippen LogP contribution >= 0.6 is 0 Å². The fourth-order valence-electron chi connectivity index (χ4n) is 1.68. The number of nitrogens with zero attached hydrogens (tertiary/aromatic N) is 1. The third kappa shape index (κ3) is 3.06. The van der Waals surface area contributed by atoms with Gasteiger partial charge in [-0.05, 0) is 36.2 Å². The molecule has 1 heterocycles. The quantitative estimate of drug-likeness (QED) is 0.923. The molecule has 0 bridgehead atoms. The molecule has 0 unspecified atom stereocenters. The number of ether oxygens (including phenoxy) is 1. The van der Waals surface area contributed by atoms with Gasteiger partial charge in [0.05, 0.1) is 5.69 Å². The minimum absolute atomic E-state index is 0.0164. The number of nitrogens with two attached hydrogens (primary N) is 1. The number of rotatable bonds is 4. The SMILES string of the molecule is Cc1cccnc1COc1c(F)cc(CN)cc1F. The minimum Gasteiger partial charge on any atom is -0.481 e. The molecule has 3 nitrogen and oxygen atoms in total. The molecule has 0 atom stereocenters. The van der Waals surface area contributed by atoms with Crippen LogP contribution in [0.4, 0.5) is 8.78 Å². The van der Waals surface area contributed by atoms with E-state index in [0.29, 0.717) is 11.3 Å². The van der Waals surface area contributed by atoms with Crippen LogP contribution in [0.3, 0.4) is 0 Å². The Morgan fingerprint density at radius 1 is 1.26 bits per heavy atom. The summed E-state index contributed by atoms with van der Waals surface area (Å²) in [5, 5.41) is 0. The zero-order chi connectivity index (χ0) is 13.8. The van der Waals surface area contributed by atoms with E-state index in [1.54, 1.807) is 12.3 Å². The first kappa shape index (κ1) is 13.4. The minimum atomic E-state index is -0.756. The van der Waals surface area contributed by atoms with Crippen LogP contribution in [0.15, 0.2) is 30.5 Å². The molecule has 5 heteroatoms. The first-order valence-corrected chi connectivity index (χ1v) is 5.83. The van der Waals surface area contributed by atoms with Crippen molar-refractivity contribution in [2.75, 3.05) is 0 Å². The Morgan fingerprint density at radius 3 is 2.53 bits per heavy atom. The van der Waals surface area contributed by atoms with E-state index in [1.807, 2.05) is 13.0 Å². The van der Waals surface area contributed by atoms with Crippen molar-refractivity contribution in [3.8, 4) is 5.75 Å². The molecule has 0 saturated heterocycles. The molecular formula is C14H14F2N2O. The van der Waals surface area contributed by atoms with Crippen LogP contribution in [0.5, 0.6) is 5.75 Å². The molecule has 19 heavy (non-hydrogen) atoms. The van der Waals surface area contributed by atoms with Crippen molar-refractivity contribution in [1.82, 2.24) is 4.98 Å². The Balaban J connectivity index is 2.18. The number of aryl methyl sites for hydroxylation is 1. The van der Waals surface area contributed by atoms with Crippen molar-refractivity contribution in [3.63, 3.8) is 0 Å². The molecule has 100 valence electrons. The van der Waals surface area contributed by atoms with Gasteiger partial charge in [-0.25, -0.2) is 8.78 Å². The van der Waals surface area contributed by atoms with E-state index in [-0.39, 0.29) is 13.2 Å². The van der Waals surface area contributed by atoms with Crippen LogP contribution in [0.2, 0.25) is 0 Å². The van der Waals surface area contributed by atoms with Gasteiger partial charge in [-0.2, -0.15) is 0 Å². The molecule has 0 aliphatic carbocycles. The first-order chi connectivity index (χ1) is 9.11. The molecule has 0 radical (unpaired) electrons. The van der Waals surface area contributed by atoms with Gasteiger partial charge in [0, 0.05) is 12.7 Å². The second kappa shape index (κ2) is 5.75. The number of benzene rings is 1. The third-order valence-corrected chi connectivity index (χ3v) is 2.76. The fourth-order valence-corrected chi connectivity index (χ4v) is 1.68. The largest absolute Gasteiger partial charge is 0.481 e. The van der Waals surface area contributed by atoms with Gasteiger partial charge >= 0.3 is 0 Å². The van der Waals surface area contributed by atoms with Crippen LogP contribution in [-0.2, 0) is 13.2 Å². The molecule has 0 amide bonds. The highest BCUT2D eigenvalue weighted by atomic mass is 19.1. The Kier molecular flexibility index (Phi) is 4.06. The van der Waals surface area contributed by atoms with E-state index >= 15 is 0 Å². The Hall–Kier alpha value is -2.01. The maximum Gasteiger partial charge on any atom is 0.191 e. The van der Waals surface area contributed by atoms with E-state index in [4.69, 9.17) is 10.5 Å². The maximum atomic E-state index is 13.7. The predicted molar refractivity (Wildman–Crippen MR) is 67.6 cm³/mol. The second-order valence-electron chi connectivity index (χ2n) is 4.15. The van der Waals surface area contributed by atoms with Crippen molar-refractivity contribution in [2.24, 2.45) is 5.73 Å². The van der Waals surface area contributed by atoms with Crippen molar-refractivity contribution in [1.29, 1.82) is 0 Å². The highest BCUT2D eigenvalue weighted by Crippen LogP contribution is 2.24. The Bertz CT molecular complexity index is 564. The summed E-state index contributed by atoms with van der Waals surface area (Å²) in [4.78, 5) is 4.10. The van der Waals surface area contributed by atoms with Crippen LogP contribution in [0.25, 0.3) is 0 Å². The van der Waals surface area contributed by atoms with Crippen LogP contribution in [-0.4, -0.2) is 4.98 Å². The van der Waals surface area contributed by atoms with Gasteiger partial charge in [0.2, 0.25) is 0 Å². The van der Waals surface area contributed by atoms with Gasteiger partial charge in [0.25, 0.3) is 0 Å². The molecule has 0 fully saturated rings. The van der Waals surface area contributed by atoms with Gasteiger partial charge < -0.3 is 10.5 Å². The van der Waals surface area contributed by atoms with Gasteiger partial charge in [-0.3, -0.25) is 4.98 Å². The molecule has 1 aromatic heterocycles. The Labute approximate surface area is 110 Å². The topological polar surface area (TPSA) is 48.1 Å². The lowest BCUT2D eigenvalue weighted by Crippen LogP contribution is -2.05. The van der Waals surface area contributed by atoms with E-state index in [2.05, 4.69) is 4.98 Å². The molecule has 2 aromatic rings. The lowest BCUT2D eigenvalue weighted by Gasteiger charge is -2.10. The van der Waals surface area contributed by atoms with Gasteiger partial charge in [-0.1, -0.05) is 6.07 Å². The molecule has 2 rings (SSSR count). The zero-order valence-corrected chi connectivity index (χ0v) is 10.5. The highest BCUT2D eigenvalue weighted by Gasteiger charge is 2.13. The molecule has 2 N–H and O–H groups in total. The van der Waals surface area contributed by atoms with Crippen LogP contribution < -0.4 is 10.5 Å². The molecule has 1 aromatic carbocycles. The summed E-state index contributed by atoms with van der Waals surface area (Å²) < 4.78 is 32.5. The average molecular weight is 264 g/mol. The molecule has 0 saturated carbocycles. The van der Waals surface area contributed by atoms with Crippen molar-refractivity contribution in [3.05, 3.63) is 58.9 Å². The lowest BCUT2D eigenvalue weighted by molar-refractivity contribution is 0.269. The summed E-state index contributed by atoms with van der Waals surface area (Å²) in [6.45, 7) is 1.95. The summed E-state index contributed by atoms with van der Waals surface area (Å²) in [7, 11) is 0. The van der Waals surface area contributed by atoms with Crippen LogP contribution in [0, 0.1) is 18.6 Å². The Morgan fingerprint density at radius 2 is 1.95 bits per heavy atom. The number of hydrogen-bond donors (Lipinski definition) is 1. The molecule has 0 spiro atoms. The fraction of sp³-hybridized carbons (Fsp3) is 0.214. The number of hydrogen-bond acceptors (Lipinski definition) is 3. The summed E-state index contributed by atoms with van der Waals surface area (Å²) in [5.41, 5.74) is 7.27. The number of aromatic nitrogens is 1. The van der Waals surface area contributed by atoms with E-state index in [0.717, 1.165) is 5.56 Å². The highest BCUT2D eigenvalue weighted by molar-refractivity contribution is 5.31. The summed E-state index contributed by atoms with van der Waals surface area (Å²) in [5.74, 6) is -1.91.